The van der Waals surface area contributed by atoms with Gasteiger partial charge in [-0.1, -0.05) is 73.9 Å². The van der Waals surface area contributed by atoms with Crippen LogP contribution in [0.15, 0.2) is 60.7 Å². The van der Waals surface area contributed by atoms with E-state index < -0.39 is 5.92 Å². The van der Waals surface area contributed by atoms with Crippen LogP contribution in [-0.2, 0) is 4.79 Å². The molecule has 2 fully saturated rings. The molecule has 7 nitrogen and oxygen atoms in total. The van der Waals surface area contributed by atoms with Gasteiger partial charge in [-0.05, 0) is 30.5 Å². The third kappa shape index (κ3) is 6.15. The zero-order valence-electron chi connectivity index (χ0n) is 21.2. The second-order valence-corrected chi connectivity index (χ2v) is 9.93. The molecule has 1 saturated carbocycles. The highest BCUT2D eigenvalue weighted by molar-refractivity contribution is 5.89. The van der Waals surface area contributed by atoms with Crippen LogP contribution in [0.3, 0.4) is 0 Å². The van der Waals surface area contributed by atoms with E-state index >= 15 is 0 Å². The number of hydrogen-bond acceptors (Lipinski definition) is 6. The summed E-state index contributed by atoms with van der Waals surface area (Å²) in [5, 5.41) is 13.2. The molecule has 1 aromatic heterocycles. The van der Waals surface area contributed by atoms with E-state index in [4.69, 9.17) is 9.97 Å². The SMILES string of the molecule is N#C[C@@H](C(=O)NC1CCCCC1)c1nc2ccccc2nc1N1CCN(C/C=C/c2ccccc2)CC1. The minimum atomic E-state index is -0.985. The molecule has 3 aromatic rings. The van der Waals surface area contributed by atoms with Crippen molar-refractivity contribution in [3.8, 4) is 6.07 Å². The summed E-state index contributed by atoms with van der Waals surface area (Å²) in [6, 6.07) is 20.4. The summed E-state index contributed by atoms with van der Waals surface area (Å²) in [4.78, 5) is 27.6. The minimum Gasteiger partial charge on any atom is -0.352 e. The van der Waals surface area contributed by atoms with Crippen LogP contribution in [0.25, 0.3) is 17.1 Å². The van der Waals surface area contributed by atoms with Gasteiger partial charge in [-0.25, -0.2) is 9.97 Å². The molecule has 1 aliphatic carbocycles. The molecule has 0 bridgehead atoms. The van der Waals surface area contributed by atoms with Gasteiger partial charge in [-0.3, -0.25) is 9.69 Å². The van der Waals surface area contributed by atoms with Crippen molar-refractivity contribution >= 4 is 28.8 Å². The largest absolute Gasteiger partial charge is 0.352 e. The number of benzene rings is 2. The van der Waals surface area contributed by atoms with Gasteiger partial charge >= 0.3 is 0 Å². The predicted octanol–water partition coefficient (Wildman–Crippen LogP) is 4.52. The second kappa shape index (κ2) is 12.0. The van der Waals surface area contributed by atoms with Gasteiger partial charge in [0, 0.05) is 38.8 Å². The Morgan fingerprint density at radius 3 is 2.35 bits per heavy atom. The molecule has 37 heavy (non-hydrogen) atoms. The lowest BCUT2D eigenvalue weighted by atomic mass is 9.94. The van der Waals surface area contributed by atoms with Crippen molar-refractivity contribution in [1.82, 2.24) is 20.2 Å². The van der Waals surface area contributed by atoms with Gasteiger partial charge in [0.25, 0.3) is 0 Å². The fraction of sp³-hybridized carbons (Fsp3) is 0.400. The van der Waals surface area contributed by atoms with Crippen LogP contribution in [-0.4, -0.2) is 59.5 Å². The molecule has 2 aliphatic rings. The Morgan fingerprint density at radius 1 is 0.973 bits per heavy atom. The van der Waals surface area contributed by atoms with Crippen molar-refractivity contribution in [1.29, 1.82) is 5.26 Å². The van der Waals surface area contributed by atoms with Crippen molar-refractivity contribution < 1.29 is 4.79 Å². The maximum atomic E-state index is 13.3. The Kier molecular flexibility index (Phi) is 8.07. The lowest BCUT2D eigenvalue weighted by Crippen LogP contribution is -2.47. The number of hydrogen-bond donors (Lipinski definition) is 1. The van der Waals surface area contributed by atoms with Crippen LogP contribution in [0.5, 0.6) is 0 Å². The summed E-state index contributed by atoms with van der Waals surface area (Å²) in [5.74, 6) is -0.589. The fourth-order valence-electron chi connectivity index (χ4n) is 5.25. The number of nitrogens with zero attached hydrogens (tertiary/aromatic N) is 5. The number of carbonyl (C=O) groups is 1. The molecule has 1 N–H and O–H groups in total. The van der Waals surface area contributed by atoms with Gasteiger partial charge in [-0.15, -0.1) is 0 Å². The average Bonchev–Trinajstić information content (AvgIpc) is 2.95. The molecule has 2 aromatic carbocycles. The highest BCUT2D eigenvalue weighted by Gasteiger charge is 2.31. The summed E-state index contributed by atoms with van der Waals surface area (Å²) in [6.45, 7) is 4.16. The standard InChI is InChI=1S/C30H34N6O/c31-22-25(30(37)32-24-13-5-2-6-14-24)28-29(34-27-16-8-7-15-26(27)33-28)36-20-18-35(19-21-36)17-9-12-23-10-3-1-4-11-23/h1,3-4,7-12,15-16,24-25H,2,5-6,13-14,17-21H2,(H,32,37)/b12-9+/t25-/m1/s1. The molecule has 1 saturated heterocycles. The smallest absolute Gasteiger partial charge is 0.243 e. The molecule has 0 unspecified atom stereocenters. The molecule has 7 heteroatoms. The fourth-order valence-corrected chi connectivity index (χ4v) is 5.25. The van der Waals surface area contributed by atoms with E-state index in [2.05, 4.69) is 45.5 Å². The second-order valence-electron chi connectivity index (χ2n) is 9.93. The molecule has 190 valence electrons. The first kappa shape index (κ1) is 24.9. The molecular weight excluding hydrogens is 460 g/mol. The van der Waals surface area contributed by atoms with Gasteiger partial charge in [0.05, 0.1) is 17.1 Å². The number of piperazine rings is 1. The van der Waals surface area contributed by atoms with Crippen molar-refractivity contribution in [2.24, 2.45) is 0 Å². The van der Waals surface area contributed by atoms with Gasteiger partial charge in [0.1, 0.15) is 5.69 Å². The Balaban J connectivity index is 1.32. The van der Waals surface area contributed by atoms with Crippen LogP contribution in [0, 0.1) is 11.3 Å². The number of para-hydroxylation sites is 2. The van der Waals surface area contributed by atoms with Crippen LogP contribution >= 0.6 is 0 Å². The maximum Gasteiger partial charge on any atom is 0.243 e. The lowest BCUT2D eigenvalue weighted by molar-refractivity contribution is -0.122. The van der Waals surface area contributed by atoms with Crippen molar-refractivity contribution in [3.05, 3.63) is 71.9 Å². The summed E-state index contributed by atoms with van der Waals surface area (Å²) in [7, 11) is 0. The molecule has 5 rings (SSSR count). The van der Waals surface area contributed by atoms with E-state index in [1.165, 1.54) is 12.0 Å². The van der Waals surface area contributed by atoms with Crippen LogP contribution in [0.1, 0.15) is 49.3 Å². The highest BCUT2D eigenvalue weighted by Crippen LogP contribution is 2.29. The highest BCUT2D eigenvalue weighted by atomic mass is 16.2. The van der Waals surface area contributed by atoms with Gasteiger partial charge in [-0.2, -0.15) is 5.26 Å². The molecule has 0 spiro atoms. The van der Waals surface area contributed by atoms with Crippen LogP contribution < -0.4 is 10.2 Å². The van der Waals surface area contributed by atoms with Gasteiger partial charge in [0.2, 0.25) is 5.91 Å². The van der Waals surface area contributed by atoms with E-state index in [0.717, 1.165) is 63.9 Å². The quantitative estimate of drug-likeness (QED) is 0.520. The lowest BCUT2D eigenvalue weighted by Gasteiger charge is -2.36. The third-order valence-corrected chi connectivity index (χ3v) is 7.34. The summed E-state index contributed by atoms with van der Waals surface area (Å²) < 4.78 is 0. The number of anilines is 1. The average molecular weight is 495 g/mol. The molecular formula is C30H34N6O. The molecule has 0 radical (unpaired) electrons. The van der Waals surface area contributed by atoms with Gasteiger partial charge in [0.15, 0.2) is 11.7 Å². The topological polar surface area (TPSA) is 85.1 Å². The van der Waals surface area contributed by atoms with Crippen LogP contribution in [0.2, 0.25) is 0 Å². The van der Waals surface area contributed by atoms with E-state index in [1.807, 2.05) is 42.5 Å². The molecule has 1 aliphatic heterocycles. The number of amides is 1. The number of nitrogens with one attached hydrogen (secondary N) is 1. The summed E-state index contributed by atoms with van der Waals surface area (Å²) in [6.07, 6.45) is 9.75. The Hall–Kier alpha value is -3.76. The monoisotopic (exact) mass is 494 g/mol. The Bertz CT molecular complexity index is 1270. The van der Waals surface area contributed by atoms with E-state index in [1.54, 1.807) is 0 Å². The molecule has 1 atom stereocenters. The van der Waals surface area contributed by atoms with Crippen molar-refractivity contribution in [3.63, 3.8) is 0 Å². The van der Waals surface area contributed by atoms with Crippen molar-refractivity contribution in [2.45, 2.75) is 44.1 Å². The Labute approximate surface area is 218 Å². The number of rotatable bonds is 7. The Morgan fingerprint density at radius 2 is 1.65 bits per heavy atom. The zero-order valence-corrected chi connectivity index (χ0v) is 21.2. The molecule has 2 heterocycles. The number of aromatic nitrogens is 2. The number of fused-ring (bicyclic) bond motifs is 1. The zero-order chi connectivity index (χ0) is 25.5. The van der Waals surface area contributed by atoms with Crippen molar-refractivity contribution in [2.75, 3.05) is 37.6 Å². The van der Waals surface area contributed by atoms with Crippen LogP contribution in [0.4, 0.5) is 5.82 Å². The minimum absolute atomic E-state index is 0.140. The first-order valence-corrected chi connectivity index (χ1v) is 13.4. The van der Waals surface area contributed by atoms with Gasteiger partial charge < -0.3 is 10.2 Å². The number of nitriles is 1. The number of carbonyl (C=O) groups excluding carboxylic acids is 1. The predicted molar refractivity (Wildman–Crippen MR) is 147 cm³/mol. The first-order chi connectivity index (χ1) is 18.2. The maximum absolute atomic E-state index is 13.3. The normalized spacial score (nSPS) is 18.1. The van der Waals surface area contributed by atoms with E-state index in [0.29, 0.717) is 17.0 Å². The third-order valence-electron chi connectivity index (χ3n) is 7.34. The molecule has 1 amide bonds. The van der Waals surface area contributed by atoms with E-state index in [9.17, 15) is 10.1 Å². The summed E-state index contributed by atoms with van der Waals surface area (Å²) in [5.41, 5.74) is 3.15. The first-order valence-electron chi connectivity index (χ1n) is 13.4. The van der Waals surface area contributed by atoms with E-state index in [-0.39, 0.29) is 11.9 Å². The summed E-state index contributed by atoms with van der Waals surface area (Å²) >= 11 is 0.